The number of hydrogen-bond acceptors (Lipinski definition) is 2. The van der Waals surface area contributed by atoms with Crippen LogP contribution in [0, 0.1) is 0 Å². The number of likely N-dealkylation sites (tertiary alicyclic amines) is 1. The lowest BCUT2D eigenvalue weighted by Crippen LogP contribution is -2.46. The highest BCUT2D eigenvalue weighted by atomic mass is 16.2. The van der Waals surface area contributed by atoms with Crippen LogP contribution in [0.3, 0.4) is 0 Å². The Morgan fingerprint density at radius 1 is 1.21 bits per heavy atom. The predicted molar refractivity (Wildman–Crippen MR) is 56.1 cm³/mol. The van der Waals surface area contributed by atoms with Gasteiger partial charge >= 0.3 is 0 Å². The van der Waals surface area contributed by atoms with E-state index >= 15 is 0 Å². The largest absolute Gasteiger partial charge is 0.358 e. The summed E-state index contributed by atoms with van der Waals surface area (Å²) in [5.74, 6) is 0.217. The second-order valence-corrected chi connectivity index (χ2v) is 4.45. The van der Waals surface area contributed by atoms with Crippen LogP contribution in [0.4, 0.5) is 0 Å². The van der Waals surface area contributed by atoms with Gasteiger partial charge in [-0.1, -0.05) is 12.8 Å². The van der Waals surface area contributed by atoms with Crippen LogP contribution in [0.25, 0.3) is 0 Å². The van der Waals surface area contributed by atoms with Crippen LogP contribution in [0.1, 0.15) is 38.5 Å². The number of rotatable bonds is 2. The standard InChI is InChI=1S/C11H20N2O/c1-12-11(14)10-7-4-8-13(10)9-5-2-3-6-9/h9-10H,2-8H2,1H3,(H,12,14)/t10-/m0/s1. The summed E-state index contributed by atoms with van der Waals surface area (Å²) >= 11 is 0. The molecule has 1 saturated heterocycles. The Balaban J connectivity index is 1.98. The van der Waals surface area contributed by atoms with E-state index in [-0.39, 0.29) is 11.9 Å². The number of carbonyl (C=O) groups is 1. The molecule has 0 aromatic heterocycles. The van der Waals surface area contributed by atoms with Crippen molar-refractivity contribution in [3.05, 3.63) is 0 Å². The second kappa shape index (κ2) is 4.30. The van der Waals surface area contributed by atoms with Gasteiger partial charge in [0, 0.05) is 13.1 Å². The Morgan fingerprint density at radius 3 is 2.57 bits per heavy atom. The zero-order valence-electron chi connectivity index (χ0n) is 8.96. The molecule has 0 radical (unpaired) electrons. The summed E-state index contributed by atoms with van der Waals surface area (Å²) in [5.41, 5.74) is 0. The van der Waals surface area contributed by atoms with E-state index in [0.29, 0.717) is 6.04 Å². The first-order valence-electron chi connectivity index (χ1n) is 5.80. The summed E-state index contributed by atoms with van der Waals surface area (Å²) < 4.78 is 0. The summed E-state index contributed by atoms with van der Waals surface area (Å²) in [6.07, 6.45) is 7.54. The highest BCUT2D eigenvalue weighted by molar-refractivity contribution is 5.81. The third-order valence-corrected chi connectivity index (χ3v) is 3.64. The lowest BCUT2D eigenvalue weighted by Gasteiger charge is -2.29. The van der Waals surface area contributed by atoms with Gasteiger partial charge in [0.1, 0.15) is 0 Å². The zero-order valence-corrected chi connectivity index (χ0v) is 8.96. The Kier molecular flexibility index (Phi) is 3.06. The van der Waals surface area contributed by atoms with E-state index in [4.69, 9.17) is 0 Å². The normalized spacial score (nSPS) is 29.6. The molecule has 1 saturated carbocycles. The molecule has 0 aromatic rings. The minimum Gasteiger partial charge on any atom is -0.358 e. The Morgan fingerprint density at radius 2 is 1.93 bits per heavy atom. The molecule has 1 aliphatic carbocycles. The molecule has 2 fully saturated rings. The van der Waals surface area contributed by atoms with E-state index in [1.165, 1.54) is 32.1 Å². The maximum atomic E-state index is 11.6. The van der Waals surface area contributed by atoms with Gasteiger partial charge in [0.2, 0.25) is 5.91 Å². The third-order valence-electron chi connectivity index (χ3n) is 3.64. The molecule has 0 bridgehead atoms. The van der Waals surface area contributed by atoms with E-state index in [1.54, 1.807) is 7.05 Å². The highest BCUT2D eigenvalue weighted by Gasteiger charge is 2.35. The van der Waals surface area contributed by atoms with Crippen molar-refractivity contribution in [3.63, 3.8) is 0 Å². The van der Waals surface area contributed by atoms with E-state index in [1.807, 2.05) is 0 Å². The van der Waals surface area contributed by atoms with Crippen LogP contribution >= 0.6 is 0 Å². The molecule has 0 unspecified atom stereocenters. The summed E-state index contributed by atoms with van der Waals surface area (Å²) in [6, 6.07) is 0.864. The minimum atomic E-state index is 0.170. The average molecular weight is 196 g/mol. The van der Waals surface area contributed by atoms with E-state index in [9.17, 15) is 4.79 Å². The van der Waals surface area contributed by atoms with Crippen LogP contribution in [-0.4, -0.2) is 36.5 Å². The van der Waals surface area contributed by atoms with Crippen molar-refractivity contribution in [3.8, 4) is 0 Å². The van der Waals surface area contributed by atoms with Crippen molar-refractivity contribution in [1.29, 1.82) is 0 Å². The number of likely N-dealkylation sites (N-methyl/N-ethyl adjacent to an activating group) is 1. The van der Waals surface area contributed by atoms with Gasteiger partial charge in [-0.2, -0.15) is 0 Å². The highest BCUT2D eigenvalue weighted by Crippen LogP contribution is 2.29. The fourth-order valence-electron chi connectivity index (χ4n) is 2.91. The zero-order chi connectivity index (χ0) is 9.97. The van der Waals surface area contributed by atoms with Crippen molar-refractivity contribution in [1.82, 2.24) is 10.2 Å². The number of nitrogens with one attached hydrogen (secondary N) is 1. The molecule has 0 spiro atoms. The molecular weight excluding hydrogens is 176 g/mol. The van der Waals surface area contributed by atoms with Crippen molar-refractivity contribution < 1.29 is 4.79 Å². The number of amides is 1. The van der Waals surface area contributed by atoms with Gasteiger partial charge in [0.15, 0.2) is 0 Å². The molecule has 3 heteroatoms. The molecule has 1 aliphatic heterocycles. The third kappa shape index (κ3) is 1.78. The molecule has 80 valence electrons. The van der Waals surface area contributed by atoms with Gasteiger partial charge in [-0.15, -0.1) is 0 Å². The first-order valence-corrected chi connectivity index (χ1v) is 5.80. The average Bonchev–Trinajstić information content (AvgIpc) is 2.85. The van der Waals surface area contributed by atoms with Crippen LogP contribution in [0.2, 0.25) is 0 Å². The van der Waals surface area contributed by atoms with Gasteiger partial charge in [-0.3, -0.25) is 9.69 Å². The lowest BCUT2D eigenvalue weighted by atomic mass is 10.1. The topological polar surface area (TPSA) is 32.3 Å². The summed E-state index contributed by atoms with van der Waals surface area (Å²) in [5, 5.41) is 2.78. The number of hydrogen-bond donors (Lipinski definition) is 1. The maximum absolute atomic E-state index is 11.6. The van der Waals surface area contributed by atoms with Gasteiger partial charge < -0.3 is 5.32 Å². The van der Waals surface area contributed by atoms with Crippen LogP contribution in [0.5, 0.6) is 0 Å². The molecule has 2 aliphatic rings. The monoisotopic (exact) mass is 196 g/mol. The second-order valence-electron chi connectivity index (χ2n) is 4.45. The number of carbonyl (C=O) groups excluding carboxylic acids is 1. The minimum absolute atomic E-state index is 0.170. The fraction of sp³-hybridized carbons (Fsp3) is 0.909. The van der Waals surface area contributed by atoms with Crippen molar-refractivity contribution in [2.75, 3.05) is 13.6 Å². The fourth-order valence-corrected chi connectivity index (χ4v) is 2.91. The van der Waals surface area contributed by atoms with Gasteiger partial charge in [0.25, 0.3) is 0 Å². The first-order chi connectivity index (χ1) is 6.83. The quantitative estimate of drug-likeness (QED) is 0.718. The maximum Gasteiger partial charge on any atom is 0.237 e. The smallest absolute Gasteiger partial charge is 0.237 e. The summed E-state index contributed by atoms with van der Waals surface area (Å²) in [4.78, 5) is 14.1. The molecule has 14 heavy (non-hydrogen) atoms. The molecule has 2 rings (SSSR count). The Hall–Kier alpha value is -0.570. The van der Waals surface area contributed by atoms with E-state index in [0.717, 1.165) is 13.0 Å². The summed E-state index contributed by atoms with van der Waals surface area (Å²) in [6.45, 7) is 1.13. The molecule has 3 nitrogen and oxygen atoms in total. The predicted octanol–water partition coefficient (Wildman–Crippen LogP) is 1.14. The first kappa shape index (κ1) is 9.97. The molecule has 1 amide bonds. The van der Waals surface area contributed by atoms with Crippen LogP contribution in [0.15, 0.2) is 0 Å². The van der Waals surface area contributed by atoms with Crippen molar-refractivity contribution in [2.24, 2.45) is 0 Å². The molecule has 1 N–H and O–H groups in total. The summed E-state index contributed by atoms with van der Waals surface area (Å²) in [7, 11) is 1.74. The van der Waals surface area contributed by atoms with E-state index < -0.39 is 0 Å². The SMILES string of the molecule is CNC(=O)[C@@H]1CCCN1C1CCCC1. The molecular formula is C11H20N2O. The lowest BCUT2D eigenvalue weighted by molar-refractivity contribution is -0.125. The van der Waals surface area contributed by atoms with Crippen LogP contribution < -0.4 is 5.32 Å². The van der Waals surface area contributed by atoms with E-state index in [2.05, 4.69) is 10.2 Å². The van der Waals surface area contributed by atoms with Gasteiger partial charge in [-0.25, -0.2) is 0 Å². The van der Waals surface area contributed by atoms with Gasteiger partial charge in [-0.05, 0) is 32.2 Å². The Bertz CT molecular complexity index is 211. The molecule has 1 heterocycles. The van der Waals surface area contributed by atoms with Crippen molar-refractivity contribution >= 4 is 5.91 Å². The molecule has 0 aromatic carbocycles. The molecule has 1 atom stereocenters. The number of nitrogens with zero attached hydrogens (tertiary/aromatic N) is 1. The van der Waals surface area contributed by atoms with Gasteiger partial charge in [0.05, 0.1) is 6.04 Å². The van der Waals surface area contributed by atoms with Crippen LogP contribution in [-0.2, 0) is 4.79 Å². The Labute approximate surface area is 85.8 Å². The van der Waals surface area contributed by atoms with Crippen molar-refractivity contribution in [2.45, 2.75) is 50.6 Å².